The van der Waals surface area contributed by atoms with Crippen molar-refractivity contribution in [2.24, 2.45) is 0 Å². The SMILES string of the molecule is Cc1ccc(N(C)c2ncc(CCl)cc2C)c(C)c1. The molecule has 0 unspecified atom stereocenters. The molecule has 2 rings (SSSR count). The molecule has 100 valence electrons. The summed E-state index contributed by atoms with van der Waals surface area (Å²) in [6.07, 6.45) is 1.84. The molecule has 0 spiro atoms. The van der Waals surface area contributed by atoms with Crippen molar-refractivity contribution in [2.45, 2.75) is 26.7 Å². The normalized spacial score (nSPS) is 10.6. The van der Waals surface area contributed by atoms with Crippen LogP contribution in [0.2, 0.25) is 0 Å². The first-order chi connectivity index (χ1) is 9.02. The van der Waals surface area contributed by atoms with E-state index in [4.69, 9.17) is 11.6 Å². The van der Waals surface area contributed by atoms with Crippen LogP contribution >= 0.6 is 11.6 Å². The van der Waals surface area contributed by atoms with Gasteiger partial charge in [-0.25, -0.2) is 4.98 Å². The minimum absolute atomic E-state index is 0.501. The summed E-state index contributed by atoms with van der Waals surface area (Å²) >= 11 is 5.84. The van der Waals surface area contributed by atoms with Gasteiger partial charge in [0.2, 0.25) is 0 Å². The summed E-state index contributed by atoms with van der Waals surface area (Å²) in [6.45, 7) is 6.30. The second kappa shape index (κ2) is 5.62. The van der Waals surface area contributed by atoms with E-state index >= 15 is 0 Å². The van der Waals surface area contributed by atoms with Gasteiger partial charge >= 0.3 is 0 Å². The molecule has 0 N–H and O–H groups in total. The summed E-state index contributed by atoms with van der Waals surface area (Å²) < 4.78 is 0. The van der Waals surface area contributed by atoms with Crippen LogP contribution < -0.4 is 4.90 Å². The number of alkyl halides is 1. The van der Waals surface area contributed by atoms with Crippen molar-refractivity contribution < 1.29 is 0 Å². The lowest BCUT2D eigenvalue weighted by atomic mass is 10.1. The van der Waals surface area contributed by atoms with Crippen molar-refractivity contribution in [3.8, 4) is 0 Å². The third kappa shape index (κ3) is 2.90. The molecule has 0 aliphatic rings. The van der Waals surface area contributed by atoms with Gasteiger partial charge in [0.25, 0.3) is 0 Å². The molecule has 0 fully saturated rings. The number of rotatable bonds is 3. The molecule has 2 nitrogen and oxygen atoms in total. The summed E-state index contributed by atoms with van der Waals surface area (Å²) in [5, 5.41) is 0. The Labute approximate surface area is 120 Å². The quantitative estimate of drug-likeness (QED) is 0.766. The lowest BCUT2D eigenvalue weighted by Gasteiger charge is -2.22. The molecule has 0 bridgehead atoms. The first-order valence-electron chi connectivity index (χ1n) is 6.35. The molecule has 0 saturated carbocycles. The van der Waals surface area contributed by atoms with Crippen LogP contribution in [0.25, 0.3) is 0 Å². The Morgan fingerprint density at radius 2 is 1.84 bits per heavy atom. The first kappa shape index (κ1) is 13.9. The first-order valence-corrected chi connectivity index (χ1v) is 6.89. The van der Waals surface area contributed by atoms with Crippen LogP contribution in [0.3, 0.4) is 0 Å². The fourth-order valence-corrected chi connectivity index (χ4v) is 2.49. The predicted molar refractivity (Wildman–Crippen MR) is 82.5 cm³/mol. The van der Waals surface area contributed by atoms with Gasteiger partial charge in [-0.3, -0.25) is 0 Å². The summed E-state index contributed by atoms with van der Waals surface area (Å²) in [5.41, 5.74) is 5.90. The fraction of sp³-hybridized carbons (Fsp3) is 0.312. The molecule has 3 heteroatoms. The third-order valence-electron chi connectivity index (χ3n) is 3.29. The number of hydrogen-bond acceptors (Lipinski definition) is 2. The number of halogens is 1. The molecule has 0 atom stereocenters. The lowest BCUT2D eigenvalue weighted by molar-refractivity contribution is 1.08. The van der Waals surface area contributed by atoms with Gasteiger partial charge in [-0.2, -0.15) is 0 Å². The van der Waals surface area contributed by atoms with Crippen molar-refractivity contribution >= 4 is 23.1 Å². The average molecular weight is 275 g/mol. The van der Waals surface area contributed by atoms with Gasteiger partial charge in [0.05, 0.1) is 0 Å². The highest BCUT2D eigenvalue weighted by Gasteiger charge is 2.11. The maximum absolute atomic E-state index is 5.84. The second-order valence-electron chi connectivity index (χ2n) is 4.97. The van der Waals surface area contributed by atoms with Crippen LogP contribution in [-0.2, 0) is 5.88 Å². The van der Waals surface area contributed by atoms with Gasteiger partial charge in [0, 0.05) is 24.8 Å². The molecule has 0 radical (unpaired) electrons. The van der Waals surface area contributed by atoms with Gasteiger partial charge in [0.15, 0.2) is 0 Å². The Kier molecular flexibility index (Phi) is 4.11. The number of hydrogen-bond donors (Lipinski definition) is 0. The summed E-state index contributed by atoms with van der Waals surface area (Å²) in [4.78, 5) is 6.66. The molecular formula is C16H19ClN2. The minimum atomic E-state index is 0.501. The van der Waals surface area contributed by atoms with Crippen LogP contribution in [0, 0.1) is 20.8 Å². The van der Waals surface area contributed by atoms with Crippen LogP contribution in [0.5, 0.6) is 0 Å². The zero-order valence-corrected chi connectivity index (χ0v) is 12.6. The molecule has 2 aromatic rings. The highest BCUT2D eigenvalue weighted by molar-refractivity contribution is 6.17. The van der Waals surface area contributed by atoms with Crippen LogP contribution in [0.1, 0.15) is 22.3 Å². The Hall–Kier alpha value is -1.54. The molecule has 0 aliphatic carbocycles. The number of anilines is 2. The van der Waals surface area contributed by atoms with Crippen LogP contribution in [0.15, 0.2) is 30.5 Å². The minimum Gasteiger partial charge on any atom is -0.329 e. The van der Waals surface area contributed by atoms with E-state index in [2.05, 4.69) is 54.9 Å². The largest absolute Gasteiger partial charge is 0.329 e. The zero-order valence-electron chi connectivity index (χ0n) is 11.9. The highest BCUT2D eigenvalue weighted by Crippen LogP contribution is 2.28. The Balaban J connectivity index is 2.41. The Morgan fingerprint density at radius 1 is 1.11 bits per heavy atom. The molecule has 19 heavy (non-hydrogen) atoms. The number of benzene rings is 1. The third-order valence-corrected chi connectivity index (χ3v) is 3.60. The van der Waals surface area contributed by atoms with E-state index < -0.39 is 0 Å². The van der Waals surface area contributed by atoms with E-state index in [1.54, 1.807) is 0 Å². The number of pyridine rings is 1. The van der Waals surface area contributed by atoms with E-state index in [0.29, 0.717) is 5.88 Å². The van der Waals surface area contributed by atoms with Gasteiger partial charge in [-0.15, -0.1) is 11.6 Å². The maximum Gasteiger partial charge on any atom is 0.135 e. The Morgan fingerprint density at radius 3 is 2.42 bits per heavy atom. The van der Waals surface area contributed by atoms with Crippen LogP contribution in [-0.4, -0.2) is 12.0 Å². The molecule has 0 aliphatic heterocycles. The molecule has 1 aromatic heterocycles. The van der Waals surface area contributed by atoms with E-state index in [0.717, 1.165) is 16.9 Å². The Bertz CT molecular complexity index is 593. The predicted octanol–water partition coefficient (Wildman–Crippen LogP) is 4.51. The lowest BCUT2D eigenvalue weighted by Crippen LogP contribution is -2.14. The van der Waals surface area contributed by atoms with E-state index in [1.165, 1.54) is 16.8 Å². The van der Waals surface area contributed by atoms with E-state index in [-0.39, 0.29) is 0 Å². The van der Waals surface area contributed by atoms with Gasteiger partial charge in [0.1, 0.15) is 5.82 Å². The van der Waals surface area contributed by atoms with Gasteiger partial charge in [-0.05, 0) is 49.6 Å². The number of aromatic nitrogens is 1. The van der Waals surface area contributed by atoms with Crippen molar-refractivity contribution in [1.82, 2.24) is 4.98 Å². The standard InChI is InChI=1S/C16H19ClN2/c1-11-5-6-15(12(2)7-11)19(4)16-13(3)8-14(9-17)10-18-16/h5-8,10H,9H2,1-4H3. The van der Waals surface area contributed by atoms with Crippen molar-refractivity contribution in [3.63, 3.8) is 0 Å². The van der Waals surface area contributed by atoms with Gasteiger partial charge < -0.3 is 4.90 Å². The molecule has 1 heterocycles. The molecule has 0 saturated heterocycles. The molecule has 0 amide bonds. The maximum atomic E-state index is 5.84. The number of aryl methyl sites for hydroxylation is 3. The molecular weight excluding hydrogens is 256 g/mol. The molecule has 1 aromatic carbocycles. The average Bonchev–Trinajstić information content (AvgIpc) is 2.37. The van der Waals surface area contributed by atoms with Crippen molar-refractivity contribution in [2.75, 3.05) is 11.9 Å². The number of nitrogens with zero attached hydrogens (tertiary/aromatic N) is 2. The topological polar surface area (TPSA) is 16.1 Å². The fourth-order valence-electron chi connectivity index (χ4n) is 2.35. The summed E-state index contributed by atoms with van der Waals surface area (Å²) in [7, 11) is 2.05. The van der Waals surface area contributed by atoms with Crippen LogP contribution in [0.4, 0.5) is 11.5 Å². The van der Waals surface area contributed by atoms with Gasteiger partial charge in [-0.1, -0.05) is 17.7 Å². The smallest absolute Gasteiger partial charge is 0.135 e. The summed E-state index contributed by atoms with van der Waals surface area (Å²) in [5.74, 6) is 1.47. The highest BCUT2D eigenvalue weighted by atomic mass is 35.5. The second-order valence-corrected chi connectivity index (χ2v) is 5.23. The zero-order chi connectivity index (χ0) is 14.0. The summed E-state index contributed by atoms with van der Waals surface area (Å²) in [6, 6.07) is 8.55. The van der Waals surface area contributed by atoms with Crippen molar-refractivity contribution in [3.05, 3.63) is 52.7 Å². The van der Waals surface area contributed by atoms with E-state index in [9.17, 15) is 0 Å². The monoisotopic (exact) mass is 274 g/mol. The van der Waals surface area contributed by atoms with Crippen molar-refractivity contribution in [1.29, 1.82) is 0 Å². The van der Waals surface area contributed by atoms with E-state index in [1.807, 2.05) is 13.2 Å².